The molecular formula is C26H36BN3O6. The Kier molecular flexibility index (Phi) is 9.47. The van der Waals surface area contributed by atoms with Crippen molar-refractivity contribution < 1.29 is 28.4 Å². The lowest BCUT2D eigenvalue weighted by Gasteiger charge is -2.32. The van der Waals surface area contributed by atoms with E-state index in [0.29, 0.717) is 18.6 Å². The summed E-state index contributed by atoms with van der Waals surface area (Å²) in [5.41, 5.74) is -0.683. The standard InChI is InChI=1S/C26H36BN3O6/c1-25(2)26(3,4)36-27(35-25)22(13-15-34-21-11-7-6-8-12-21)30-24(32)20(18-33-5)17-29-23(31)19-10-9-14-28-16-19/h6-12,14,16,20,22H,13,15,17-18H2,1-5H3,(H,29,31)(H,30,32)/t20-,22+/m1/s1. The van der Waals surface area contributed by atoms with Crippen molar-refractivity contribution in [1.82, 2.24) is 15.6 Å². The molecule has 0 unspecified atom stereocenters. The van der Waals surface area contributed by atoms with Crippen molar-refractivity contribution >= 4 is 18.9 Å². The fraction of sp³-hybridized carbons (Fsp3) is 0.500. The van der Waals surface area contributed by atoms with Gasteiger partial charge in [0.25, 0.3) is 5.91 Å². The lowest BCUT2D eigenvalue weighted by Crippen LogP contribution is -2.52. The highest BCUT2D eigenvalue weighted by atomic mass is 16.7. The minimum absolute atomic E-state index is 0.101. The molecule has 36 heavy (non-hydrogen) atoms. The molecule has 0 bridgehead atoms. The number of hydrogen-bond acceptors (Lipinski definition) is 7. The molecule has 0 aliphatic carbocycles. The zero-order valence-corrected chi connectivity index (χ0v) is 21.7. The van der Waals surface area contributed by atoms with E-state index in [-0.39, 0.29) is 25.0 Å². The molecule has 2 heterocycles. The van der Waals surface area contributed by atoms with Crippen LogP contribution in [0.25, 0.3) is 0 Å². The lowest BCUT2D eigenvalue weighted by atomic mass is 9.76. The average Bonchev–Trinajstić information content (AvgIpc) is 3.08. The number of aromatic nitrogens is 1. The van der Waals surface area contributed by atoms with Gasteiger partial charge in [-0.25, -0.2) is 0 Å². The van der Waals surface area contributed by atoms with Gasteiger partial charge in [0.2, 0.25) is 5.91 Å². The molecule has 2 atom stereocenters. The van der Waals surface area contributed by atoms with Gasteiger partial charge in [-0.2, -0.15) is 0 Å². The summed E-state index contributed by atoms with van der Waals surface area (Å²) < 4.78 is 23.6. The Labute approximate surface area is 213 Å². The largest absolute Gasteiger partial charge is 0.494 e. The molecule has 1 aromatic heterocycles. The molecule has 2 amide bonds. The number of para-hydroxylation sites is 1. The van der Waals surface area contributed by atoms with Crippen LogP contribution in [-0.2, 0) is 18.8 Å². The third kappa shape index (κ3) is 7.28. The lowest BCUT2D eigenvalue weighted by molar-refractivity contribution is -0.126. The first-order valence-corrected chi connectivity index (χ1v) is 12.1. The smallest absolute Gasteiger partial charge is 0.481 e. The van der Waals surface area contributed by atoms with Crippen LogP contribution < -0.4 is 15.4 Å². The zero-order valence-electron chi connectivity index (χ0n) is 21.7. The number of nitrogens with one attached hydrogen (secondary N) is 2. The summed E-state index contributed by atoms with van der Waals surface area (Å²) >= 11 is 0. The van der Waals surface area contributed by atoms with E-state index >= 15 is 0 Å². The quantitative estimate of drug-likeness (QED) is 0.434. The Bertz CT molecular complexity index is 974. The minimum Gasteiger partial charge on any atom is -0.494 e. The van der Waals surface area contributed by atoms with Gasteiger partial charge in [-0.1, -0.05) is 18.2 Å². The Hall–Kier alpha value is -2.95. The van der Waals surface area contributed by atoms with Gasteiger partial charge in [0.05, 0.1) is 41.8 Å². The van der Waals surface area contributed by atoms with Crippen molar-refractivity contribution in [3.63, 3.8) is 0 Å². The van der Waals surface area contributed by atoms with E-state index in [9.17, 15) is 9.59 Å². The number of benzene rings is 1. The molecule has 0 saturated carbocycles. The number of rotatable bonds is 12. The van der Waals surface area contributed by atoms with E-state index in [1.54, 1.807) is 18.3 Å². The number of nitrogens with zero attached hydrogens (tertiary/aromatic N) is 1. The molecule has 0 radical (unpaired) electrons. The van der Waals surface area contributed by atoms with Crippen molar-refractivity contribution in [3.8, 4) is 5.75 Å². The van der Waals surface area contributed by atoms with E-state index in [2.05, 4.69) is 15.6 Å². The fourth-order valence-corrected chi connectivity index (χ4v) is 3.69. The first kappa shape index (κ1) is 27.6. The van der Waals surface area contributed by atoms with Gasteiger partial charge in [0.1, 0.15) is 5.75 Å². The minimum atomic E-state index is -0.661. The van der Waals surface area contributed by atoms with E-state index < -0.39 is 30.2 Å². The van der Waals surface area contributed by atoms with Crippen molar-refractivity contribution in [2.75, 3.05) is 26.9 Å². The second-order valence-electron chi connectivity index (χ2n) is 9.79. The zero-order chi connectivity index (χ0) is 26.2. The second-order valence-corrected chi connectivity index (χ2v) is 9.79. The van der Waals surface area contributed by atoms with E-state index in [0.717, 1.165) is 5.75 Å². The molecular weight excluding hydrogens is 461 g/mol. The number of amides is 2. The molecule has 1 aliphatic rings. The summed E-state index contributed by atoms with van der Waals surface area (Å²) in [5, 5.41) is 5.85. The third-order valence-corrected chi connectivity index (χ3v) is 6.54. The molecule has 194 valence electrons. The molecule has 2 N–H and O–H groups in total. The summed E-state index contributed by atoms with van der Waals surface area (Å²) in [4.78, 5) is 29.7. The van der Waals surface area contributed by atoms with Crippen LogP contribution in [0.3, 0.4) is 0 Å². The summed E-state index contributed by atoms with van der Waals surface area (Å²) in [6.07, 6.45) is 3.52. The highest BCUT2D eigenvalue weighted by Crippen LogP contribution is 2.37. The van der Waals surface area contributed by atoms with Crippen LogP contribution in [0.15, 0.2) is 54.9 Å². The van der Waals surface area contributed by atoms with E-state index in [1.165, 1.54) is 13.3 Å². The van der Waals surface area contributed by atoms with Crippen LogP contribution in [0.2, 0.25) is 0 Å². The Morgan fingerprint density at radius 2 is 1.75 bits per heavy atom. The normalized spacial score (nSPS) is 17.8. The molecule has 3 rings (SSSR count). The maximum Gasteiger partial charge on any atom is 0.481 e. The number of carbonyl (C=O) groups is 2. The summed E-state index contributed by atoms with van der Waals surface area (Å²) in [6, 6.07) is 12.8. The van der Waals surface area contributed by atoms with Gasteiger partial charge >= 0.3 is 7.12 Å². The van der Waals surface area contributed by atoms with Crippen molar-refractivity contribution in [2.24, 2.45) is 5.92 Å². The van der Waals surface area contributed by atoms with Crippen LogP contribution in [0.5, 0.6) is 5.75 Å². The number of ether oxygens (including phenoxy) is 2. The van der Waals surface area contributed by atoms with Gasteiger partial charge < -0.3 is 29.4 Å². The predicted octanol–water partition coefficient (Wildman–Crippen LogP) is 2.66. The third-order valence-electron chi connectivity index (χ3n) is 6.54. The monoisotopic (exact) mass is 497 g/mol. The highest BCUT2D eigenvalue weighted by Gasteiger charge is 2.54. The molecule has 1 fully saturated rings. The molecule has 0 spiro atoms. The molecule has 1 saturated heterocycles. The number of hydrogen-bond donors (Lipinski definition) is 2. The predicted molar refractivity (Wildman–Crippen MR) is 137 cm³/mol. The van der Waals surface area contributed by atoms with E-state index in [1.807, 2.05) is 58.0 Å². The van der Waals surface area contributed by atoms with Crippen molar-refractivity contribution in [1.29, 1.82) is 0 Å². The first-order chi connectivity index (χ1) is 17.1. The van der Waals surface area contributed by atoms with Crippen LogP contribution >= 0.6 is 0 Å². The topological polar surface area (TPSA) is 108 Å². The SMILES string of the molecule is COC[C@@H](CNC(=O)c1cccnc1)C(=O)N[C@@H](CCOc1ccccc1)B1OC(C)(C)C(C)(C)O1. The molecule has 9 nitrogen and oxygen atoms in total. The number of pyridine rings is 1. The molecule has 1 aromatic carbocycles. The summed E-state index contributed by atoms with van der Waals surface area (Å²) in [7, 11) is 0.856. The first-order valence-electron chi connectivity index (χ1n) is 12.1. The van der Waals surface area contributed by atoms with Crippen LogP contribution in [0, 0.1) is 5.92 Å². The van der Waals surface area contributed by atoms with Crippen molar-refractivity contribution in [3.05, 3.63) is 60.4 Å². The maximum atomic E-state index is 13.3. The Balaban J connectivity index is 1.66. The fourth-order valence-electron chi connectivity index (χ4n) is 3.69. The van der Waals surface area contributed by atoms with Gasteiger partial charge in [-0.05, 0) is 52.0 Å². The van der Waals surface area contributed by atoms with E-state index in [4.69, 9.17) is 18.8 Å². The van der Waals surface area contributed by atoms with Gasteiger partial charge in [-0.15, -0.1) is 0 Å². The summed E-state index contributed by atoms with van der Waals surface area (Å²) in [5.74, 6) is -0.934. The second kappa shape index (κ2) is 12.3. The number of methoxy groups -OCH3 is 1. The van der Waals surface area contributed by atoms with Crippen LogP contribution in [0.1, 0.15) is 44.5 Å². The molecule has 1 aliphatic heterocycles. The van der Waals surface area contributed by atoms with Crippen LogP contribution in [0.4, 0.5) is 0 Å². The van der Waals surface area contributed by atoms with Gasteiger partial charge in [-0.3, -0.25) is 14.6 Å². The molecule has 10 heteroatoms. The van der Waals surface area contributed by atoms with Crippen molar-refractivity contribution in [2.45, 2.75) is 51.3 Å². The average molecular weight is 497 g/mol. The Morgan fingerprint density at radius 1 is 1.06 bits per heavy atom. The summed E-state index contributed by atoms with van der Waals surface area (Å²) in [6.45, 7) is 8.45. The highest BCUT2D eigenvalue weighted by molar-refractivity contribution is 6.48. The van der Waals surface area contributed by atoms with Gasteiger partial charge in [0, 0.05) is 32.5 Å². The maximum absolute atomic E-state index is 13.3. The molecule has 2 aromatic rings. The number of carbonyl (C=O) groups excluding carboxylic acids is 2. The van der Waals surface area contributed by atoms with Gasteiger partial charge in [0.15, 0.2) is 0 Å². The Morgan fingerprint density at radius 3 is 2.36 bits per heavy atom. The van der Waals surface area contributed by atoms with Crippen LogP contribution in [-0.4, -0.2) is 67.9 Å².